The molecule has 0 radical (unpaired) electrons. The average Bonchev–Trinajstić information content (AvgIpc) is 3.49. The summed E-state index contributed by atoms with van der Waals surface area (Å²) in [5, 5.41) is 3.64. The SMILES string of the molecule is c1ccc(-c2cnc(-n3c4ccccc4c4c5ccn(-c6ccccc6)c5ccc43)nc2)cc1. The fraction of sp³-hybridized carbons (Fsp3) is 0. The third-order valence-electron chi connectivity index (χ3n) is 6.49. The lowest BCUT2D eigenvalue weighted by atomic mass is 10.1. The lowest BCUT2D eigenvalue weighted by Gasteiger charge is -2.08. The summed E-state index contributed by atoms with van der Waals surface area (Å²) >= 11 is 0. The highest BCUT2D eigenvalue weighted by atomic mass is 15.1. The van der Waals surface area contributed by atoms with Gasteiger partial charge in [-0.15, -0.1) is 0 Å². The van der Waals surface area contributed by atoms with Crippen LogP contribution < -0.4 is 0 Å². The molecular weight excluding hydrogens is 416 g/mol. The van der Waals surface area contributed by atoms with Crippen LogP contribution >= 0.6 is 0 Å². The lowest BCUT2D eigenvalue weighted by molar-refractivity contribution is 0.990. The Morgan fingerprint density at radius 1 is 0.500 bits per heavy atom. The maximum atomic E-state index is 4.78. The van der Waals surface area contributed by atoms with Crippen LogP contribution in [-0.2, 0) is 0 Å². The summed E-state index contributed by atoms with van der Waals surface area (Å²) in [6.45, 7) is 0. The van der Waals surface area contributed by atoms with Crippen molar-refractivity contribution in [3.63, 3.8) is 0 Å². The second kappa shape index (κ2) is 7.42. The number of aromatic nitrogens is 4. The molecule has 7 aromatic rings. The van der Waals surface area contributed by atoms with E-state index in [1.54, 1.807) is 0 Å². The van der Waals surface area contributed by atoms with E-state index in [9.17, 15) is 0 Å². The summed E-state index contributed by atoms with van der Waals surface area (Å²) < 4.78 is 4.41. The minimum atomic E-state index is 0.674. The van der Waals surface area contributed by atoms with E-state index < -0.39 is 0 Å². The Hall–Kier alpha value is -4.70. The zero-order valence-electron chi connectivity index (χ0n) is 18.3. The molecule has 34 heavy (non-hydrogen) atoms. The largest absolute Gasteiger partial charge is 0.317 e. The summed E-state index contributed by atoms with van der Waals surface area (Å²) in [4.78, 5) is 9.55. The second-order valence-electron chi connectivity index (χ2n) is 8.40. The molecule has 160 valence electrons. The van der Waals surface area contributed by atoms with Gasteiger partial charge in [0.2, 0.25) is 5.95 Å². The van der Waals surface area contributed by atoms with Gasteiger partial charge in [-0.1, -0.05) is 66.7 Å². The highest BCUT2D eigenvalue weighted by Gasteiger charge is 2.17. The smallest absolute Gasteiger partial charge is 0.234 e. The van der Waals surface area contributed by atoms with Gasteiger partial charge in [-0.25, -0.2) is 9.97 Å². The molecule has 0 aliphatic rings. The first-order chi connectivity index (χ1) is 16.9. The summed E-state index contributed by atoms with van der Waals surface area (Å²) in [6.07, 6.45) is 5.96. The molecule has 0 bridgehead atoms. The monoisotopic (exact) mass is 436 g/mol. The molecule has 0 fully saturated rings. The van der Waals surface area contributed by atoms with Crippen molar-refractivity contribution in [1.82, 2.24) is 19.1 Å². The van der Waals surface area contributed by atoms with Gasteiger partial charge in [-0.3, -0.25) is 4.57 Å². The van der Waals surface area contributed by atoms with Crippen molar-refractivity contribution in [2.24, 2.45) is 0 Å². The van der Waals surface area contributed by atoms with Gasteiger partial charge in [0, 0.05) is 46.0 Å². The van der Waals surface area contributed by atoms with Crippen molar-refractivity contribution in [2.75, 3.05) is 0 Å². The zero-order chi connectivity index (χ0) is 22.5. The van der Waals surface area contributed by atoms with Gasteiger partial charge >= 0.3 is 0 Å². The van der Waals surface area contributed by atoms with Gasteiger partial charge in [0.15, 0.2) is 0 Å². The first-order valence-corrected chi connectivity index (χ1v) is 11.3. The number of rotatable bonds is 3. The third-order valence-corrected chi connectivity index (χ3v) is 6.49. The molecule has 0 aliphatic heterocycles. The molecule has 0 aliphatic carbocycles. The van der Waals surface area contributed by atoms with Crippen LogP contribution in [0, 0.1) is 0 Å². The van der Waals surface area contributed by atoms with E-state index in [1.165, 1.54) is 21.7 Å². The Balaban J connectivity index is 1.47. The Labute approximate surface area is 196 Å². The molecule has 0 atom stereocenters. The summed E-state index contributed by atoms with van der Waals surface area (Å²) in [5.41, 5.74) is 6.66. The molecule has 0 unspecified atom stereocenters. The van der Waals surface area contributed by atoms with E-state index in [0.717, 1.165) is 27.8 Å². The van der Waals surface area contributed by atoms with Crippen LogP contribution in [0.15, 0.2) is 122 Å². The molecule has 0 N–H and O–H groups in total. The highest BCUT2D eigenvalue weighted by Crippen LogP contribution is 2.37. The Kier molecular flexibility index (Phi) is 4.11. The molecule has 0 spiro atoms. The van der Waals surface area contributed by atoms with Gasteiger partial charge in [-0.2, -0.15) is 0 Å². The molecule has 3 aromatic heterocycles. The van der Waals surface area contributed by atoms with Gasteiger partial charge in [0.25, 0.3) is 0 Å². The molecule has 4 aromatic carbocycles. The van der Waals surface area contributed by atoms with E-state index in [4.69, 9.17) is 9.97 Å². The van der Waals surface area contributed by atoms with Crippen LogP contribution in [0.5, 0.6) is 0 Å². The van der Waals surface area contributed by atoms with Crippen molar-refractivity contribution >= 4 is 32.7 Å². The summed E-state index contributed by atoms with van der Waals surface area (Å²) in [7, 11) is 0. The highest BCUT2D eigenvalue weighted by molar-refractivity contribution is 6.21. The average molecular weight is 437 g/mol. The van der Waals surface area contributed by atoms with E-state index >= 15 is 0 Å². The normalized spacial score (nSPS) is 11.5. The predicted molar refractivity (Wildman–Crippen MR) is 139 cm³/mol. The maximum absolute atomic E-state index is 4.78. The number of benzene rings is 4. The fourth-order valence-electron chi connectivity index (χ4n) is 4.93. The molecule has 0 saturated heterocycles. The predicted octanol–water partition coefficient (Wildman–Crippen LogP) is 7.18. The Morgan fingerprint density at radius 3 is 1.94 bits per heavy atom. The van der Waals surface area contributed by atoms with Crippen molar-refractivity contribution in [1.29, 1.82) is 0 Å². The topological polar surface area (TPSA) is 35.6 Å². The maximum Gasteiger partial charge on any atom is 0.234 e. The molecule has 4 nitrogen and oxygen atoms in total. The Morgan fingerprint density at radius 2 is 1.15 bits per heavy atom. The third kappa shape index (κ3) is 2.79. The summed E-state index contributed by atoms with van der Waals surface area (Å²) in [5.74, 6) is 0.674. The van der Waals surface area contributed by atoms with Gasteiger partial charge in [0.05, 0.1) is 16.6 Å². The zero-order valence-corrected chi connectivity index (χ0v) is 18.3. The summed E-state index contributed by atoms with van der Waals surface area (Å²) in [6, 6.07) is 35.8. The molecule has 4 heteroatoms. The molecule has 0 saturated carbocycles. The van der Waals surface area contributed by atoms with Crippen LogP contribution in [0.25, 0.3) is 55.5 Å². The van der Waals surface area contributed by atoms with Crippen LogP contribution in [0.3, 0.4) is 0 Å². The second-order valence-corrected chi connectivity index (χ2v) is 8.40. The number of fused-ring (bicyclic) bond motifs is 5. The van der Waals surface area contributed by atoms with Crippen LogP contribution in [-0.4, -0.2) is 19.1 Å². The van der Waals surface area contributed by atoms with Crippen LogP contribution in [0.2, 0.25) is 0 Å². The first-order valence-electron chi connectivity index (χ1n) is 11.3. The standard InChI is InChI=1S/C30H20N4/c1-3-9-21(10-4-1)22-19-31-30(32-20-22)34-27-14-8-7-13-24(27)29-25-17-18-33(23-11-5-2-6-12-23)26(25)15-16-28(29)34/h1-20H. The lowest BCUT2D eigenvalue weighted by Crippen LogP contribution is -2.00. The van der Waals surface area contributed by atoms with Crippen LogP contribution in [0.1, 0.15) is 0 Å². The number of hydrogen-bond acceptors (Lipinski definition) is 2. The van der Waals surface area contributed by atoms with Crippen molar-refractivity contribution < 1.29 is 0 Å². The first kappa shape index (κ1) is 18.8. The van der Waals surface area contributed by atoms with Crippen LogP contribution in [0.4, 0.5) is 0 Å². The molecule has 0 amide bonds. The van der Waals surface area contributed by atoms with Gasteiger partial charge < -0.3 is 4.57 Å². The minimum absolute atomic E-state index is 0.674. The number of hydrogen-bond donors (Lipinski definition) is 0. The Bertz CT molecular complexity index is 1780. The minimum Gasteiger partial charge on any atom is -0.317 e. The molecule has 7 rings (SSSR count). The number of para-hydroxylation sites is 2. The van der Waals surface area contributed by atoms with E-state index in [0.29, 0.717) is 5.95 Å². The fourth-order valence-corrected chi connectivity index (χ4v) is 4.93. The van der Waals surface area contributed by atoms with E-state index in [-0.39, 0.29) is 0 Å². The van der Waals surface area contributed by atoms with Gasteiger partial charge in [0.1, 0.15) is 0 Å². The van der Waals surface area contributed by atoms with Crippen molar-refractivity contribution in [3.8, 4) is 22.8 Å². The number of nitrogens with zero attached hydrogens (tertiary/aromatic N) is 4. The van der Waals surface area contributed by atoms with Gasteiger partial charge in [-0.05, 0) is 42.0 Å². The van der Waals surface area contributed by atoms with E-state index in [2.05, 4.69) is 94.2 Å². The quantitative estimate of drug-likeness (QED) is 0.294. The van der Waals surface area contributed by atoms with E-state index in [1.807, 2.05) is 36.7 Å². The van der Waals surface area contributed by atoms with Crippen molar-refractivity contribution in [3.05, 3.63) is 122 Å². The molecular formula is C30H20N4. The van der Waals surface area contributed by atoms with Crippen molar-refractivity contribution in [2.45, 2.75) is 0 Å². The molecule has 3 heterocycles.